The summed E-state index contributed by atoms with van der Waals surface area (Å²) in [6.07, 6.45) is 4.31. The van der Waals surface area contributed by atoms with Gasteiger partial charge in [0.2, 0.25) is 0 Å². The first-order valence-corrected chi connectivity index (χ1v) is 4.32. The fraction of sp³-hybridized carbons (Fsp3) is 0.400. The van der Waals surface area contributed by atoms with Gasteiger partial charge < -0.3 is 14.3 Å². The van der Waals surface area contributed by atoms with Crippen LogP contribution < -0.4 is 0 Å². The molecule has 1 aromatic heterocycles. The van der Waals surface area contributed by atoms with Gasteiger partial charge in [-0.3, -0.25) is 0 Å². The SMILES string of the molecule is C[C@@H]1O[C@H](c2ccco2)C=C[C@@H]1O. The van der Waals surface area contributed by atoms with E-state index in [4.69, 9.17) is 9.15 Å². The molecule has 0 aliphatic carbocycles. The number of rotatable bonds is 1. The Hall–Kier alpha value is -1.06. The molecule has 0 aromatic carbocycles. The van der Waals surface area contributed by atoms with Crippen molar-refractivity contribution in [3.05, 3.63) is 36.3 Å². The molecule has 1 aromatic rings. The van der Waals surface area contributed by atoms with Gasteiger partial charge in [0.15, 0.2) is 0 Å². The Morgan fingerprint density at radius 2 is 2.23 bits per heavy atom. The van der Waals surface area contributed by atoms with Crippen LogP contribution in [-0.4, -0.2) is 17.3 Å². The quantitative estimate of drug-likeness (QED) is 0.668. The average molecular weight is 180 g/mol. The number of hydrogen-bond donors (Lipinski definition) is 1. The molecular weight excluding hydrogens is 168 g/mol. The molecule has 0 saturated heterocycles. The summed E-state index contributed by atoms with van der Waals surface area (Å²) in [4.78, 5) is 0. The second-order valence-corrected chi connectivity index (χ2v) is 3.15. The van der Waals surface area contributed by atoms with Crippen molar-refractivity contribution in [3.63, 3.8) is 0 Å². The van der Waals surface area contributed by atoms with Crippen molar-refractivity contribution in [3.8, 4) is 0 Å². The lowest BCUT2D eigenvalue weighted by Gasteiger charge is -2.25. The van der Waals surface area contributed by atoms with Crippen LogP contribution in [0.25, 0.3) is 0 Å². The Morgan fingerprint density at radius 3 is 2.85 bits per heavy atom. The Morgan fingerprint density at radius 1 is 1.38 bits per heavy atom. The minimum Gasteiger partial charge on any atom is -0.466 e. The van der Waals surface area contributed by atoms with Crippen LogP contribution in [0.3, 0.4) is 0 Å². The van der Waals surface area contributed by atoms with E-state index >= 15 is 0 Å². The summed E-state index contributed by atoms with van der Waals surface area (Å²) >= 11 is 0. The van der Waals surface area contributed by atoms with E-state index in [9.17, 15) is 5.11 Å². The largest absolute Gasteiger partial charge is 0.466 e. The second kappa shape index (κ2) is 3.36. The van der Waals surface area contributed by atoms with Crippen molar-refractivity contribution in [2.24, 2.45) is 0 Å². The van der Waals surface area contributed by atoms with Gasteiger partial charge in [-0.15, -0.1) is 0 Å². The Labute approximate surface area is 76.6 Å². The van der Waals surface area contributed by atoms with Crippen LogP contribution >= 0.6 is 0 Å². The first kappa shape index (κ1) is 8.53. The van der Waals surface area contributed by atoms with Gasteiger partial charge in [-0.25, -0.2) is 0 Å². The smallest absolute Gasteiger partial charge is 0.136 e. The van der Waals surface area contributed by atoms with Gasteiger partial charge in [0.25, 0.3) is 0 Å². The molecule has 0 bridgehead atoms. The number of ether oxygens (including phenoxy) is 1. The topological polar surface area (TPSA) is 42.6 Å². The van der Waals surface area contributed by atoms with Gasteiger partial charge in [0, 0.05) is 0 Å². The molecular formula is C10H12O3. The fourth-order valence-corrected chi connectivity index (χ4v) is 1.34. The zero-order valence-electron chi connectivity index (χ0n) is 7.38. The molecule has 0 amide bonds. The van der Waals surface area contributed by atoms with Crippen molar-refractivity contribution < 1.29 is 14.3 Å². The van der Waals surface area contributed by atoms with Crippen molar-refractivity contribution in [2.45, 2.75) is 25.2 Å². The summed E-state index contributed by atoms with van der Waals surface area (Å²) < 4.78 is 10.7. The van der Waals surface area contributed by atoms with Crippen LogP contribution in [0.15, 0.2) is 35.0 Å². The molecule has 1 aliphatic rings. The normalized spacial score (nSPS) is 33.5. The van der Waals surface area contributed by atoms with E-state index < -0.39 is 6.10 Å². The van der Waals surface area contributed by atoms with E-state index in [0.29, 0.717) is 0 Å². The molecule has 70 valence electrons. The molecule has 0 radical (unpaired) electrons. The summed E-state index contributed by atoms with van der Waals surface area (Å²) in [5, 5.41) is 9.35. The van der Waals surface area contributed by atoms with E-state index in [1.807, 2.05) is 25.1 Å². The molecule has 3 atom stereocenters. The molecule has 0 spiro atoms. The molecule has 1 N–H and O–H groups in total. The van der Waals surface area contributed by atoms with Crippen LogP contribution in [0, 0.1) is 0 Å². The zero-order valence-corrected chi connectivity index (χ0v) is 7.38. The van der Waals surface area contributed by atoms with Crippen LogP contribution in [0.1, 0.15) is 18.8 Å². The highest BCUT2D eigenvalue weighted by Crippen LogP contribution is 2.26. The van der Waals surface area contributed by atoms with E-state index in [1.165, 1.54) is 0 Å². The maximum atomic E-state index is 9.35. The van der Waals surface area contributed by atoms with Crippen molar-refractivity contribution in [2.75, 3.05) is 0 Å². The summed E-state index contributed by atoms with van der Waals surface area (Å²) in [5.41, 5.74) is 0. The predicted molar refractivity (Wildman–Crippen MR) is 47.1 cm³/mol. The zero-order chi connectivity index (χ0) is 9.26. The van der Waals surface area contributed by atoms with E-state index in [2.05, 4.69) is 0 Å². The molecule has 1 aliphatic heterocycles. The maximum absolute atomic E-state index is 9.35. The second-order valence-electron chi connectivity index (χ2n) is 3.15. The first-order chi connectivity index (χ1) is 6.27. The lowest BCUT2D eigenvalue weighted by atomic mass is 10.1. The molecule has 3 nitrogen and oxygen atoms in total. The van der Waals surface area contributed by atoms with Crippen molar-refractivity contribution in [1.82, 2.24) is 0 Å². The van der Waals surface area contributed by atoms with Crippen molar-refractivity contribution >= 4 is 0 Å². The average Bonchev–Trinajstić information content (AvgIpc) is 2.62. The summed E-state index contributed by atoms with van der Waals surface area (Å²) in [6.45, 7) is 1.84. The minimum absolute atomic E-state index is 0.159. The third-order valence-electron chi connectivity index (χ3n) is 2.15. The predicted octanol–water partition coefficient (Wildman–Crippen LogP) is 1.66. The molecule has 2 rings (SSSR count). The van der Waals surface area contributed by atoms with Crippen molar-refractivity contribution in [1.29, 1.82) is 0 Å². The molecule has 13 heavy (non-hydrogen) atoms. The van der Waals surface area contributed by atoms with Crippen LogP contribution in [0.2, 0.25) is 0 Å². The third-order valence-corrected chi connectivity index (χ3v) is 2.15. The van der Waals surface area contributed by atoms with Gasteiger partial charge in [0.05, 0.1) is 18.5 Å². The summed E-state index contributed by atoms with van der Waals surface area (Å²) in [6, 6.07) is 3.68. The minimum atomic E-state index is -0.508. The number of aliphatic hydroxyl groups excluding tert-OH is 1. The molecule has 0 fully saturated rings. The highest BCUT2D eigenvalue weighted by atomic mass is 16.5. The molecule has 3 heteroatoms. The van der Waals surface area contributed by atoms with Gasteiger partial charge in [-0.1, -0.05) is 6.08 Å². The standard InChI is InChI=1S/C10H12O3/c1-7-8(11)4-5-10(13-7)9-3-2-6-12-9/h2-8,10-11H,1H3/t7-,8-,10-/m0/s1. The highest BCUT2D eigenvalue weighted by Gasteiger charge is 2.23. The van der Waals surface area contributed by atoms with Gasteiger partial charge in [0.1, 0.15) is 11.9 Å². The summed E-state index contributed by atoms with van der Waals surface area (Å²) in [7, 11) is 0. The summed E-state index contributed by atoms with van der Waals surface area (Å²) in [5.74, 6) is 0.773. The monoisotopic (exact) mass is 180 g/mol. The van der Waals surface area contributed by atoms with Gasteiger partial charge >= 0.3 is 0 Å². The maximum Gasteiger partial charge on any atom is 0.136 e. The number of furan rings is 1. The van der Waals surface area contributed by atoms with Crippen LogP contribution in [-0.2, 0) is 4.74 Å². The van der Waals surface area contributed by atoms with Crippen LogP contribution in [0.5, 0.6) is 0 Å². The van der Waals surface area contributed by atoms with E-state index in [0.717, 1.165) is 5.76 Å². The highest BCUT2D eigenvalue weighted by molar-refractivity contribution is 5.13. The van der Waals surface area contributed by atoms with E-state index in [-0.39, 0.29) is 12.2 Å². The Balaban J connectivity index is 2.15. The molecule has 2 heterocycles. The number of hydrogen-bond acceptors (Lipinski definition) is 3. The molecule has 0 saturated carbocycles. The van der Waals surface area contributed by atoms with Gasteiger partial charge in [-0.2, -0.15) is 0 Å². The third kappa shape index (κ3) is 1.66. The Bertz CT molecular complexity index is 289. The lowest BCUT2D eigenvalue weighted by molar-refractivity contribution is -0.0535. The first-order valence-electron chi connectivity index (χ1n) is 4.32. The Kier molecular flexibility index (Phi) is 2.20. The number of aliphatic hydroxyl groups is 1. The van der Waals surface area contributed by atoms with Gasteiger partial charge in [-0.05, 0) is 25.1 Å². The lowest BCUT2D eigenvalue weighted by Crippen LogP contribution is -2.29. The van der Waals surface area contributed by atoms with E-state index in [1.54, 1.807) is 12.3 Å². The van der Waals surface area contributed by atoms with Crippen LogP contribution in [0.4, 0.5) is 0 Å². The molecule has 0 unspecified atom stereocenters. The fourth-order valence-electron chi connectivity index (χ4n) is 1.34.